The van der Waals surface area contributed by atoms with Gasteiger partial charge >= 0.3 is 29.8 Å². The van der Waals surface area contributed by atoms with Crippen molar-refractivity contribution in [3.8, 4) is 0 Å². The van der Waals surface area contributed by atoms with Gasteiger partial charge in [0, 0.05) is 23.1 Å². The second kappa shape index (κ2) is 96.4. The third-order valence-electron chi connectivity index (χ3n) is 32.9. The Labute approximate surface area is 919 Å². The number of hydrogen-bond donors (Lipinski definition) is 4. The summed E-state index contributed by atoms with van der Waals surface area (Å²) in [5.74, 6) is -4.06. The van der Waals surface area contributed by atoms with E-state index in [0.717, 1.165) is 109 Å². The molecule has 0 saturated carbocycles. The summed E-state index contributed by atoms with van der Waals surface area (Å²) in [5.41, 5.74) is 0.861. The van der Waals surface area contributed by atoms with Crippen LogP contribution in [0.1, 0.15) is 644 Å². The van der Waals surface area contributed by atoms with E-state index in [4.69, 9.17) is 37.9 Å². The van der Waals surface area contributed by atoms with E-state index in [1.165, 1.54) is 398 Å². The summed E-state index contributed by atoms with van der Waals surface area (Å²) in [4.78, 5) is 74.3. The zero-order chi connectivity index (χ0) is 109. The van der Waals surface area contributed by atoms with Crippen molar-refractivity contribution in [3.63, 3.8) is 0 Å². The van der Waals surface area contributed by atoms with E-state index in [1.807, 2.05) is 25.2 Å². The van der Waals surface area contributed by atoms with Crippen molar-refractivity contribution < 1.29 is 82.3 Å². The van der Waals surface area contributed by atoms with Crippen LogP contribution in [0.5, 0.6) is 0 Å². The summed E-state index contributed by atoms with van der Waals surface area (Å²) < 4.78 is 52.2. The lowest BCUT2D eigenvalue weighted by Crippen LogP contribution is -2.66. The Kier molecular flexibility index (Phi) is 91.5. The number of rotatable bonds is 104. The molecular weight excluding hydrogens is 1860 g/mol. The fourth-order valence-corrected chi connectivity index (χ4v) is 23.3. The van der Waals surface area contributed by atoms with Crippen molar-refractivity contribution in [3.05, 3.63) is 34.9 Å². The molecule has 2 fully saturated rings. The first-order chi connectivity index (χ1) is 72.2. The van der Waals surface area contributed by atoms with Gasteiger partial charge in [0.2, 0.25) is 12.6 Å². The molecule has 0 aliphatic carbocycles. The van der Waals surface area contributed by atoms with Gasteiger partial charge in [-0.25, -0.2) is 14.4 Å². The zero-order valence-electron chi connectivity index (χ0n) is 101. The number of aliphatic hydroxyl groups excluding tert-OH is 4. The van der Waals surface area contributed by atoms with Crippen LogP contribution >= 0.6 is 0 Å². The van der Waals surface area contributed by atoms with E-state index >= 15 is 9.59 Å². The number of allylic oxidation sites excluding steroid dienone is 3. The number of carbonyl (C=O) groups excluding carboxylic acids is 5. The topological polar surface area (TPSA) is 240 Å². The second-order valence-electron chi connectivity index (χ2n) is 48.6. The highest BCUT2D eigenvalue weighted by atomic mass is 16.8. The molecule has 20 atom stereocenters. The fourth-order valence-electron chi connectivity index (χ4n) is 23.3. The lowest BCUT2D eigenvalue weighted by atomic mass is 9.85. The van der Waals surface area contributed by atoms with Crippen LogP contribution in [0, 0.1) is 53.3 Å². The molecule has 2 saturated heterocycles. The molecule has 4 unspecified atom stereocenters. The molecule has 2 rings (SSSR count). The summed E-state index contributed by atoms with van der Waals surface area (Å²) >= 11 is 0. The average molecular weight is 2110 g/mol. The molecule has 2 aliphatic rings. The number of ether oxygens (including phenoxy) is 8. The lowest BCUT2D eigenvalue weighted by Gasteiger charge is -2.47. The third kappa shape index (κ3) is 74.3. The minimum atomic E-state index is -1.94. The van der Waals surface area contributed by atoms with Crippen LogP contribution in [-0.2, 0) is 61.9 Å². The van der Waals surface area contributed by atoms with Gasteiger partial charge in [0.25, 0.3) is 0 Å². The Hall–Kier alpha value is -3.71. The third-order valence-corrected chi connectivity index (χ3v) is 32.9. The molecular formula is C132H246O17. The quantitative estimate of drug-likeness (QED) is 0.0192. The highest BCUT2D eigenvalue weighted by molar-refractivity contribution is 5.89. The number of aliphatic hydroxyl groups is 4. The van der Waals surface area contributed by atoms with Gasteiger partial charge in [0.1, 0.15) is 31.0 Å². The molecule has 17 nitrogen and oxygen atoms in total. The van der Waals surface area contributed by atoms with E-state index in [9.17, 15) is 34.8 Å². The van der Waals surface area contributed by atoms with Crippen molar-refractivity contribution in [1.82, 2.24) is 0 Å². The number of esters is 5. The first kappa shape index (κ1) is 141. The zero-order valence-corrected chi connectivity index (χ0v) is 101. The first-order valence-electron chi connectivity index (χ1n) is 64.8. The van der Waals surface area contributed by atoms with Crippen LogP contribution in [0.3, 0.4) is 0 Å². The maximum Gasteiger partial charge on any atom is 0.333 e. The van der Waals surface area contributed by atoms with Crippen LogP contribution in [0.2, 0.25) is 0 Å². The average Bonchev–Trinajstić information content (AvgIpc) is 0.767. The van der Waals surface area contributed by atoms with Crippen molar-refractivity contribution >= 4 is 29.8 Å². The Morgan fingerprint density at radius 1 is 0.282 bits per heavy atom. The van der Waals surface area contributed by atoms with Gasteiger partial charge in [-0.3, -0.25) is 9.59 Å². The normalized spacial score (nSPS) is 20.4. The Morgan fingerprint density at radius 2 is 0.530 bits per heavy atom. The summed E-state index contributed by atoms with van der Waals surface area (Å²) in [6, 6.07) is 0. The number of unbranched alkanes of at least 4 members (excludes halogenated alkanes) is 68. The summed E-state index contributed by atoms with van der Waals surface area (Å²) in [6.07, 6.45) is 86.2. The molecule has 4 N–H and O–H groups in total. The maximum absolute atomic E-state index is 15.2. The molecule has 876 valence electrons. The van der Waals surface area contributed by atoms with Crippen molar-refractivity contribution in [1.29, 1.82) is 0 Å². The summed E-state index contributed by atoms with van der Waals surface area (Å²) in [6.45, 7) is 33.7. The van der Waals surface area contributed by atoms with Crippen LogP contribution in [0.4, 0.5) is 0 Å². The molecule has 2 aliphatic heterocycles. The Morgan fingerprint density at radius 3 is 0.819 bits per heavy atom. The minimum absolute atomic E-state index is 0.0121. The van der Waals surface area contributed by atoms with Gasteiger partial charge < -0.3 is 58.3 Å². The van der Waals surface area contributed by atoms with E-state index in [-0.39, 0.29) is 47.2 Å². The summed E-state index contributed by atoms with van der Waals surface area (Å²) in [5, 5.41) is 49.9. The van der Waals surface area contributed by atoms with Crippen LogP contribution in [0.25, 0.3) is 0 Å². The van der Waals surface area contributed by atoms with Gasteiger partial charge in [0.05, 0.1) is 18.6 Å². The largest absolute Gasteiger partial charge is 0.459 e. The SMILES string of the molecule is CCCCCCCCCCCCCCCCCC[C@H](C)C[C@H](C)/C=C(\C)C(=O)O[C@H]1C(O)[C@H](OC(=O)/C(C)=C/[C@@H](C)C[C@@H](C)CCCCCCCCCCCCCCCC)C(CO)O[C@@H]1O[C@H]1OC(COC(=O)/C(C)=C/[C@@H](C)C[C@@H](C)CCCCCCCCCCCCCCCC)[C@@H](O)C(OC(=O)[C@@H](C)[C@@H](O)[C@@H](C)C[C@@H](C)CCCCCCCCCCCCCCCCCC)[C@H]1OC(=O)CCCCCCCCCCCCCCC. The number of carbonyl (C=O) groups is 5. The van der Waals surface area contributed by atoms with E-state index in [2.05, 4.69) is 83.1 Å². The van der Waals surface area contributed by atoms with Crippen molar-refractivity contribution in [2.75, 3.05) is 13.2 Å². The Bertz CT molecular complexity index is 3210. The molecule has 0 amide bonds. The maximum atomic E-state index is 15.2. The van der Waals surface area contributed by atoms with Gasteiger partial charge in [-0.05, 0) is 107 Å². The molecule has 0 aromatic rings. The highest BCUT2D eigenvalue weighted by Gasteiger charge is 2.56. The predicted octanol–water partition coefficient (Wildman–Crippen LogP) is 37.4. The fraction of sp³-hybridized carbons (Fsp3) is 0.917. The first-order valence-corrected chi connectivity index (χ1v) is 64.8. The Balaban J connectivity index is 2.71. The minimum Gasteiger partial charge on any atom is -0.459 e. The van der Waals surface area contributed by atoms with Gasteiger partial charge in [0.15, 0.2) is 24.4 Å². The van der Waals surface area contributed by atoms with Gasteiger partial charge in [-0.1, -0.05) is 596 Å². The van der Waals surface area contributed by atoms with E-state index < -0.39 is 116 Å². The molecule has 0 aromatic carbocycles. The summed E-state index contributed by atoms with van der Waals surface area (Å²) in [7, 11) is 0. The monoisotopic (exact) mass is 2100 g/mol. The standard InChI is InChI=1S/C132H246O17/c1-18-23-28-33-38-43-48-53-57-59-64-68-73-78-83-88-93-107(8)98-111(12)102-115(16)129(140)148-125-122(137)123(146-128(139)114(15)101-110(11)97-106(7)92-87-82-77-72-67-63-56-51-46-41-36-31-26-21-4)117(103-133)143-131(125)149-132-126(145-119(134)95-90-85-80-75-70-61-52-47-42-37-32-27-22-5)124(147-130(141)116(17)120(135)112(13)99-108(9)94-89-84-79-74-69-65-60-58-54-49-44-39-34-29-24-19-2)121(136)118(144-132)104-142-127(138)113(14)100-109(10)96-105(6)91-86-81-76-71-66-62-55-50-45-40-35-30-25-20-3/h100-102,105-112,116-118,120-126,131-133,135-137H,18-99,103-104H2,1-17H3/b113-100+,114-101+,115-102+/t105-,106-,107-,108-,109-,110-,111-,112-,116-,117?,118?,120-,121+,122?,123+,124?,125-,126+,131+,132+/m0/s1. The smallest absolute Gasteiger partial charge is 0.333 e. The van der Waals surface area contributed by atoms with Gasteiger partial charge in [-0.15, -0.1) is 0 Å². The molecule has 0 spiro atoms. The molecule has 17 heteroatoms. The highest BCUT2D eigenvalue weighted by Crippen LogP contribution is 2.38. The van der Waals surface area contributed by atoms with Crippen LogP contribution in [-0.4, -0.2) is 131 Å². The van der Waals surface area contributed by atoms with Gasteiger partial charge in [-0.2, -0.15) is 0 Å². The predicted molar refractivity (Wildman–Crippen MR) is 625 cm³/mol. The van der Waals surface area contributed by atoms with Crippen LogP contribution in [0.15, 0.2) is 34.9 Å². The van der Waals surface area contributed by atoms with Crippen LogP contribution < -0.4 is 0 Å². The molecule has 0 radical (unpaired) electrons. The second-order valence-corrected chi connectivity index (χ2v) is 48.6. The van der Waals surface area contributed by atoms with E-state index in [0.29, 0.717) is 36.2 Å². The lowest BCUT2D eigenvalue weighted by molar-refractivity contribution is -0.377. The molecule has 0 bridgehead atoms. The molecule has 2 heterocycles. The van der Waals surface area contributed by atoms with Crippen molar-refractivity contribution in [2.45, 2.75) is 712 Å². The molecule has 149 heavy (non-hydrogen) atoms. The van der Waals surface area contributed by atoms with Crippen molar-refractivity contribution in [2.24, 2.45) is 53.3 Å². The number of hydrogen-bond acceptors (Lipinski definition) is 17. The van der Waals surface area contributed by atoms with E-state index in [1.54, 1.807) is 27.7 Å². The molecule has 0 aromatic heterocycles.